The molecule has 0 aliphatic rings. The summed E-state index contributed by atoms with van der Waals surface area (Å²) in [6.07, 6.45) is 2.41. The molecule has 0 unspecified atom stereocenters. The van der Waals surface area contributed by atoms with Crippen LogP contribution in [0.25, 0.3) is 5.69 Å². The van der Waals surface area contributed by atoms with E-state index < -0.39 is 15.6 Å². The number of nitrogens with one attached hydrogen (secondary N) is 2. The van der Waals surface area contributed by atoms with Gasteiger partial charge in [0.1, 0.15) is 10.6 Å². The van der Waals surface area contributed by atoms with Gasteiger partial charge in [0.05, 0.1) is 18.5 Å². The predicted octanol–water partition coefficient (Wildman–Crippen LogP) is 2.93. The molecule has 3 aromatic rings. The van der Waals surface area contributed by atoms with Crippen molar-refractivity contribution >= 4 is 15.9 Å². The zero-order valence-electron chi connectivity index (χ0n) is 18.6. The van der Waals surface area contributed by atoms with E-state index in [1.165, 1.54) is 25.3 Å². The largest absolute Gasteiger partial charge is 0.495 e. The van der Waals surface area contributed by atoms with E-state index in [0.29, 0.717) is 13.0 Å². The summed E-state index contributed by atoms with van der Waals surface area (Å²) in [5, 5.41) is 7.33. The molecule has 1 heterocycles. The van der Waals surface area contributed by atoms with Crippen LogP contribution in [0.15, 0.2) is 65.7 Å². The second kappa shape index (κ2) is 9.54. The molecule has 0 bridgehead atoms. The summed E-state index contributed by atoms with van der Waals surface area (Å²) in [6, 6.07) is 16.0. The number of rotatable bonds is 8. The van der Waals surface area contributed by atoms with E-state index in [0.717, 1.165) is 11.4 Å². The Balaban J connectivity index is 1.67. The molecular formula is C23H28N4O4S. The Kier molecular flexibility index (Phi) is 7.00. The smallest absolute Gasteiger partial charge is 0.251 e. The van der Waals surface area contributed by atoms with Gasteiger partial charge in [0.15, 0.2) is 0 Å². The molecule has 1 amide bonds. The number of methoxy groups -OCH3 is 1. The van der Waals surface area contributed by atoms with E-state index in [1.807, 2.05) is 42.6 Å². The lowest BCUT2D eigenvalue weighted by atomic mass is 10.1. The fraction of sp³-hybridized carbons (Fsp3) is 0.304. The van der Waals surface area contributed by atoms with Crippen LogP contribution in [-0.4, -0.2) is 43.3 Å². The van der Waals surface area contributed by atoms with Crippen molar-refractivity contribution in [3.05, 3.63) is 72.1 Å². The van der Waals surface area contributed by atoms with E-state index in [9.17, 15) is 13.2 Å². The fourth-order valence-electron chi connectivity index (χ4n) is 3.11. The Morgan fingerprint density at radius 1 is 1.09 bits per heavy atom. The van der Waals surface area contributed by atoms with Crippen LogP contribution in [0.1, 0.15) is 36.8 Å². The quantitative estimate of drug-likeness (QED) is 0.543. The second-order valence-corrected chi connectivity index (χ2v) is 9.97. The molecule has 32 heavy (non-hydrogen) atoms. The molecule has 0 radical (unpaired) electrons. The van der Waals surface area contributed by atoms with Gasteiger partial charge >= 0.3 is 0 Å². The summed E-state index contributed by atoms with van der Waals surface area (Å²) in [5.41, 5.74) is 1.35. The molecule has 0 atom stereocenters. The van der Waals surface area contributed by atoms with Crippen molar-refractivity contribution in [2.75, 3.05) is 13.7 Å². The Morgan fingerprint density at radius 2 is 1.81 bits per heavy atom. The molecule has 0 fully saturated rings. The average Bonchev–Trinajstić information content (AvgIpc) is 3.21. The first kappa shape index (κ1) is 23.5. The first-order chi connectivity index (χ1) is 15.1. The number of nitrogens with zero attached hydrogens (tertiary/aromatic N) is 2. The van der Waals surface area contributed by atoms with Crippen molar-refractivity contribution in [2.45, 2.75) is 37.6 Å². The number of sulfonamides is 1. The minimum Gasteiger partial charge on any atom is -0.495 e. The van der Waals surface area contributed by atoms with Crippen LogP contribution in [0.3, 0.4) is 0 Å². The van der Waals surface area contributed by atoms with Crippen molar-refractivity contribution < 1.29 is 17.9 Å². The van der Waals surface area contributed by atoms with Crippen LogP contribution in [0.5, 0.6) is 5.75 Å². The van der Waals surface area contributed by atoms with Gasteiger partial charge in [0, 0.05) is 30.3 Å². The highest BCUT2D eigenvalue weighted by molar-refractivity contribution is 7.89. The molecule has 0 aliphatic carbocycles. The van der Waals surface area contributed by atoms with Gasteiger partial charge in [-0.1, -0.05) is 18.2 Å². The van der Waals surface area contributed by atoms with Gasteiger partial charge < -0.3 is 10.1 Å². The van der Waals surface area contributed by atoms with Gasteiger partial charge in [-0.15, -0.1) is 0 Å². The number of aromatic nitrogens is 2. The number of para-hydroxylation sites is 1. The molecule has 2 aromatic carbocycles. The Hall–Kier alpha value is -3.17. The zero-order chi connectivity index (χ0) is 23.4. The number of carbonyl (C=O) groups excluding carboxylic acids is 1. The molecular weight excluding hydrogens is 428 g/mol. The Bertz CT molecular complexity index is 1180. The standard InChI is InChI=1S/C23H28N4O4S/c1-23(2,3)26-32(29,30)21-16-17(10-11-20(21)31-4)22(28)24-14-12-18-13-15-27(25-18)19-8-6-5-7-9-19/h5-11,13,15-16,26H,12,14H2,1-4H3,(H,24,28). The van der Waals surface area contributed by atoms with E-state index >= 15 is 0 Å². The number of benzene rings is 2. The van der Waals surface area contributed by atoms with Crippen LogP contribution in [-0.2, 0) is 16.4 Å². The first-order valence-corrected chi connectivity index (χ1v) is 11.7. The lowest BCUT2D eigenvalue weighted by Crippen LogP contribution is -2.40. The maximum Gasteiger partial charge on any atom is 0.251 e. The first-order valence-electron chi connectivity index (χ1n) is 10.2. The molecule has 0 aliphatic heterocycles. The van der Waals surface area contributed by atoms with Crippen LogP contribution >= 0.6 is 0 Å². The highest BCUT2D eigenvalue weighted by Crippen LogP contribution is 2.26. The lowest BCUT2D eigenvalue weighted by Gasteiger charge is -2.21. The molecule has 1 aromatic heterocycles. The summed E-state index contributed by atoms with van der Waals surface area (Å²) in [5.74, 6) is -0.202. The summed E-state index contributed by atoms with van der Waals surface area (Å²) in [4.78, 5) is 12.6. The van der Waals surface area contributed by atoms with Crippen molar-refractivity contribution in [1.82, 2.24) is 19.8 Å². The number of carbonyl (C=O) groups is 1. The zero-order valence-corrected chi connectivity index (χ0v) is 19.4. The Morgan fingerprint density at radius 3 is 2.47 bits per heavy atom. The van der Waals surface area contributed by atoms with E-state index in [2.05, 4.69) is 15.1 Å². The van der Waals surface area contributed by atoms with Gasteiger partial charge in [-0.05, 0) is 57.2 Å². The van der Waals surface area contributed by atoms with E-state index in [4.69, 9.17) is 4.74 Å². The minimum atomic E-state index is -3.87. The van der Waals surface area contributed by atoms with Crippen molar-refractivity contribution in [3.63, 3.8) is 0 Å². The fourth-order valence-corrected chi connectivity index (χ4v) is 4.73. The van der Waals surface area contributed by atoms with Crippen molar-refractivity contribution in [3.8, 4) is 11.4 Å². The number of amides is 1. The molecule has 3 rings (SSSR count). The molecule has 0 saturated carbocycles. The van der Waals surface area contributed by atoms with E-state index in [1.54, 1.807) is 25.5 Å². The van der Waals surface area contributed by atoms with Crippen LogP contribution in [0.4, 0.5) is 0 Å². The third-order valence-electron chi connectivity index (χ3n) is 4.49. The number of hydrogen-bond acceptors (Lipinski definition) is 5. The lowest BCUT2D eigenvalue weighted by molar-refractivity contribution is 0.0954. The van der Waals surface area contributed by atoms with Gasteiger partial charge in [-0.3, -0.25) is 4.79 Å². The SMILES string of the molecule is COc1ccc(C(=O)NCCc2ccn(-c3ccccc3)n2)cc1S(=O)(=O)NC(C)(C)C. The van der Waals surface area contributed by atoms with Gasteiger partial charge in [0.2, 0.25) is 10.0 Å². The minimum absolute atomic E-state index is 0.0795. The predicted molar refractivity (Wildman–Crippen MR) is 123 cm³/mol. The van der Waals surface area contributed by atoms with Gasteiger partial charge in [-0.25, -0.2) is 17.8 Å². The summed E-state index contributed by atoms with van der Waals surface area (Å²) >= 11 is 0. The molecule has 170 valence electrons. The molecule has 8 nitrogen and oxygen atoms in total. The van der Waals surface area contributed by atoms with Gasteiger partial charge in [0.25, 0.3) is 5.91 Å². The molecule has 0 saturated heterocycles. The second-order valence-electron chi connectivity index (χ2n) is 8.31. The maximum absolute atomic E-state index is 12.8. The molecule has 0 spiro atoms. The summed E-state index contributed by atoms with van der Waals surface area (Å²) < 4.78 is 35.1. The molecule has 2 N–H and O–H groups in total. The summed E-state index contributed by atoms with van der Waals surface area (Å²) in [6.45, 7) is 5.59. The summed E-state index contributed by atoms with van der Waals surface area (Å²) in [7, 11) is -2.48. The highest BCUT2D eigenvalue weighted by Gasteiger charge is 2.26. The molecule has 9 heteroatoms. The topological polar surface area (TPSA) is 102 Å². The monoisotopic (exact) mass is 456 g/mol. The normalized spacial score (nSPS) is 11.9. The Labute approximate surface area is 188 Å². The maximum atomic E-state index is 12.8. The third-order valence-corrected chi connectivity index (χ3v) is 6.27. The van der Waals surface area contributed by atoms with Gasteiger partial charge in [-0.2, -0.15) is 5.10 Å². The van der Waals surface area contributed by atoms with Crippen molar-refractivity contribution in [2.24, 2.45) is 0 Å². The number of hydrogen-bond donors (Lipinski definition) is 2. The third kappa shape index (κ3) is 5.95. The number of ether oxygens (including phenoxy) is 1. The highest BCUT2D eigenvalue weighted by atomic mass is 32.2. The van der Waals surface area contributed by atoms with Crippen LogP contribution in [0.2, 0.25) is 0 Å². The van der Waals surface area contributed by atoms with Crippen molar-refractivity contribution in [1.29, 1.82) is 0 Å². The average molecular weight is 457 g/mol. The van der Waals surface area contributed by atoms with Crippen LogP contribution < -0.4 is 14.8 Å². The van der Waals surface area contributed by atoms with E-state index in [-0.39, 0.29) is 22.1 Å². The van der Waals surface area contributed by atoms with Crippen LogP contribution in [0, 0.1) is 0 Å².